The molecule has 1 fully saturated rings. The van der Waals surface area contributed by atoms with Gasteiger partial charge in [0.1, 0.15) is 12.1 Å². The van der Waals surface area contributed by atoms with E-state index in [0.29, 0.717) is 5.69 Å². The molecule has 1 aliphatic rings. The number of rotatable bonds is 3. The summed E-state index contributed by atoms with van der Waals surface area (Å²) in [5.41, 5.74) is 0.636. The maximum Gasteiger partial charge on any atom is 0.176 e. The predicted octanol–water partition coefficient (Wildman–Crippen LogP) is 1.43. The third kappa shape index (κ3) is 1.60. The number of aromatic nitrogens is 2. The van der Waals surface area contributed by atoms with Crippen molar-refractivity contribution in [2.75, 3.05) is 0 Å². The fourth-order valence-electron chi connectivity index (χ4n) is 1.48. The molecule has 0 N–H and O–H groups in total. The summed E-state index contributed by atoms with van der Waals surface area (Å²) < 4.78 is 1.77. The highest BCUT2D eigenvalue weighted by Gasteiger charge is 2.21. The lowest BCUT2D eigenvalue weighted by Gasteiger charge is -2.01. The van der Waals surface area contributed by atoms with E-state index < -0.39 is 0 Å². The molecule has 0 aliphatic heterocycles. The topological polar surface area (TPSA) is 65.4 Å². The smallest absolute Gasteiger partial charge is 0.176 e. The Morgan fingerprint density at radius 3 is 2.79 bits per heavy atom. The first-order valence-corrected chi connectivity index (χ1v) is 4.70. The van der Waals surface area contributed by atoms with Crippen molar-refractivity contribution in [1.82, 2.24) is 9.55 Å². The van der Waals surface area contributed by atoms with Crippen LogP contribution in [0.2, 0.25) is 0 Å². The molecular formula is C10H10N4. The fourth-order valence-corrected chi connectivity index (χ4v) is 1.48. The lowest BCUT2D eigenvalue weighted by molar-refractivity contribution is 0.592. The van der Waals surface area contributed by atoms with Gasteiger partial charge < -0.3 is 4.57 Å². The summed E-state index contributed by atoms with van der Waals surface area (Å²) >= 11 is 0. The van der Waals surface area contributed by atoms with E-state index in [1.165, 1.54) is 12.8 Å². The van der Waals surface area contributed by atoms with E-state index in [4.69, 9.17) is 10.5 Å². The molecule has 4 heteroatoms. The third-order valence-corrected chi connectivity index (χ3v) is 2.52. The van der Waals surface area contributed by atoms with Crippen molar-refractivity contribution in [3.63, 3.8) is 0 Å². The molecule has 70 valence electrons. The molecule has 0 saturated heterocycles. The van der Waals surface area contributed by atoms with Crippen molar-refractivity contribution in [1.29, 1.82) is 10.5 Å². The van der Waals surface area contributed by atoms with Crippen LogP contribution in [0.1, 0.15) is 30.7 Å². The molecule has 1 aromatic rings. The zero-order valence-corrected chi connectivity index (χ0v) is 7.77. The Morgan fingerprint density at radius 1 is 1.43 bits per heavy atom. The van der Waals surface area contributed by atoms with E-state index in [1.54, 1.807) is 10.9 Å². The monoisotopic (exact) mass is 186 g/mol. The summed E-state index contributed by atoms with van der Waals surface area (Å²) in [6.07, 6.45) is 5.29. The van der Waals surface area contributed by atoms with Crippen LogP contribution in [0.3, 0.4) is 0 Å². The molecule has 0 bridgehead atoms. The second kappa shape index (κ2) is 3.51. The number of nitriles is 2. The molecule has 2 rings (SSSR count). The van der Waals surface area contributed by atoms with Gasteiger partial charge in [-0.05, 0) is 12.3 Å². The summed E-state index contributed by atoms with van der Waals surface area (Å²) in [5, 5.41) is 17.5. The van der Waals surface area contributed by atoms with Crippen LogP contribution in [0.4, 0.5) is 0 Å². The average Bonchev–Trinajstić information content (AvgIpc) is 2.95. The molecule has 4 nitrogen and oxygen atoms in total. The summed E-state index contributed by atoms with van der Waals surface area (Å²) in [4.78, 5) is 3.88. The minimum absolute atomic E-state index is 0.239. The Bertz CT molecular complexity index is 414. The predicted molar refractivity (Wildman–Crippen MR) is 49.0 cm³/mol. The second-order valence-corrected chi connectivity index (χ2v) is 3.59. The normalized spacial score (nSPS) is 14.7. The SMILES string of the molecule is N#Cc1ncn(CCC2CC2)c1C#N. The van der Waals surface area contributed by atoms with E-state index in [9.17, 15) is 0 Å². The van der Waals surface area contributed by atoms with Gasteiger partial charge in [0.15, 0.2) is 11.4 Å². The fraction of sp³-hybridized carbons (Fsp3) is 0.500. The number of imidazole rings is 1. The lowest BCUT2D eigenvalue weighted by Crippen LogP contribution is -2.00. The van der Waals surface area contributed by atoms with Gasteiger partial charge in [0.05, 0.1) is 6.33 Å². The van der Waals surface area contributed by atoms with Crippen molar-refractivity contribution in [2.24, 2.45) is 5.92 Å². The Balaban J connectivity index is 2.12. The standard InChI is InChI=1S/C10H10N4/c11-5-9-10(6-12)14(7-13-9)4-3-8-1-2-8/h7-8H,1-4H2. The lowest BCUT2D eigenvalue weighted by atomic mass is 10.3. The summed E-state index contributed by atoms with van der Waals surface area (Å²) in [6.45, 7) is 0.808. The maximum absolute atomic E-state index is 8.84. The molecule has 1 heterocycles. The van der Waals surface area contributed by atoms with Crippen LogP contribution >= 0.6 is 0 Å². The van der Waals surface area contributed by atoms with Crippen LogP contribution in [0, 0.1) is 28.6 Å². The Hall–Kier alpha value is -1.81. The molecular weight excluding hydrogens is 176 g/mol. The highest BCUT2D eigenvalue weighted by molar-refractivity contribution is 5.35. The maximum atomic E-state index is 8.84. The zero-order valence-electron chi connectivity index (χ0n) is 7.77. The Morgan fingerprint density at radius 2 is 2.21 bits per heavy atom. The number of hydrogen-bond acceptors (Lipinski definition) is 3. The highest BCUT2D eigenvalue weighted by atomic mass is 15.1. The number of aryl methyl sites for hydroxylation is 1. The zero-order chi connectivity index (χ0) is 9.97. The molecule has 0 spiro atoms. The molecule has 0 amide bonds. The van der Waals surface area contributed by atoms with Crippen LogP contribution in [-0.4, -0.2) is 9.55 Å². The van der Waals surface area contributed by atoms with Gasteiger partial charge in [-0.1, -0.05) is 12.8 Å². The average molecular weight is 186 g/mol. The van der Waals surface area contributed by atoms with Crippen molar-refractivity contribution in [2.45, 2.75) is 25.8 Å². The molecule has 0 unspecified atom stereocenters. The minimum Gasteiger partial charge on any atom is -0.321 e. The molecule has 0 radical (unpaired) electrons. The first-order valence-electron chi connectivity index (χ1n) is 4.70. The van der Waals surface area contributed by atoms with Crippen molar-refractivity contribution < 1.29 is 0 Å². The largest absolute Gasteiger partial charge is 0.321 e. The molecule has 1 saturated carbocycles. The molecule has 14 heavy (non-hydrogen) atoms. The second-order valence-electron chi connectivity index (χ2n) is 3.59. The van der Waals surface area contributed by atoms with Gasteiger partial charge in [-0.15, -0.1) is 0 Å². The van der Waals surface area contributed by atoms with Crippen LogP contribution in [0.25, 0.3) is 0 Å². The number of nitrogens with zero attached hydrogens (tertiary/aromatic N) is 4. The first-order chi connectivity index (χ1) is 6.85. The van der Waals surface area contributed by atoms with E-state index in [-0.39, 0.29) is 5.69 Å². The van der Waals surface area contributed by atoms with E-state index in [1.807, 2.05) is 12.1 Å². The Labute approximate surface area is 82.4 Å². The van der Waals surface area contributed by atoms with Crippen molar-refractivity contribution >= 4 is 0 Å². The summed E-state index contributed by atoms with van der Waals surface area (Å²) in [5.74, 6) is 0.828. The van der Waals surface area contributed by atoms with Gasteiger partial charge in [0.25, 0.3) is 0 Å². The van der Waals surface area contributed by atoms with E-state index in [0.717, 1.165) is 18.9 Å². The van der Waals surface area contributed by atoms with E-state index in [2.05, 4.69) is 4.98 Å². The van der Waals surface area contributed by atoms with Crippen LogP contribution < -0.4 is 0 Å². The van der Waals surface area contributed by atoms with Gasteiger partial charge in [0, 0.05) is 6.54 Å². The summed E-state index contributed by atoms with van der Waals surface area (Å²) in [7, 11) is 0. The minimum atomic E-state index is 0.239. The van der Waals surface area contributed by atoms with Crippen LogP contribution in [0.5, 0.6) is 0 Å². The van der Waals surface area contributed by atoms with Crippen LogP contribution in [0.15, 0.2) is 6.33 Å². The number of hydrogen-bond donors (Lipinski definition) is 0. The third-order valence-electron chi connectivity index (χ3n) is 2.52. The first kappa shape index (κ1) is 8.77. The van der Waals surface area contributed by atoms with Crippen LogP contribution in [-0.2, 0) is 6.54 Å². The molecule has 1 aromatic heterocycles. The molecule has 0 atom stereocenters. The quantitative estimate of drug-likeness (QED) is 0.717. The highest BCUT2D eigenvalue weighted by Crippen LogP contribution is 2.32. The molecule has 1 aliphatic carbocycles. The van der Waals surface area contributed by atoms with E-state index >= 15 is 0 Å². The van der Waals surface area contributed by atoms with Crippen molar-refractivity contribution in [3.05, 3.63) is 17.7 Å². The van der Waals surface area contributed by atoms with Gasteiger partial charge in [-0.2, -0.15) is 10.5 Å². The Kier molecular flexibility index (Phi) is 2.20. The van der Waals surface area contributed by atoms with Gasteiger partial charge in [-0.3, -0.25) is 0 Å². The van der Waals surface area contributed by atoms with Gasteiger partial charge in [0.2, 0.25) is 0 Å². The van der Waals surface area contributed by atoms with Gasteiger partial charge in [-0.25, -0.2) is 4.98 Å². The van der Waals surface area contributed by atoms with Crippen molar-refractivity contribution in [3.8, 4) is 12.1 Å². The molecule has 0 aromatic carbocycles. The van der Waals surface area contributed by atoms with Gasteiger partial charge >= 0.3 is 0 Å². The summed E-state index contributed by atoms with van der Waals surface area (Å²) in [6, 6.07) is 3.93.